The molecule has 0 aliphatic carbocycles. The minimum Gasteiger partial charge on any atom is -0.356 e. The van der Waals surface area contributed by atoms with Crippen LogP contribution < -0.4 is 4.90 Å². The van der Waals surface area contributed by atoms with Crippen LogP contribution in [0.2, 0.25) is 0 Å². The number of hydrogen-bond acceptors (Lipinski definition) is 2. The molecule has 1 aliphatic rings. The quantitative estimate of drug-likeness (QED) is 0.717. The Morgan fingerprint density at radius 2 is 2.36 bits per heavy atom. The van der Waals surface area contributed by atoms with E-state index in [1.54, 1.807) is 0 Å². The van der Waals surface area contributed by atoms with Crippen molar-refractivity contribution in [1.82, 2.24) is 4.98 Å². The third-order valence-corrected chi connectivity index (χ3v) is 3.12. The molecule has 3 heteroatoms. The Kier molecular flexibility index (Phi) is 3.06. The molecule has 0 aromatic carbocycles. The number of pyridine rings is 1. The molecule has 1 aromatic rings. The SMILES string of the molecule is C[C@H]1CCCN(c2cccc(Br)n2)C1. The van der Waals surface area contributed by atoms with Crippen LogP contribution in [0.3, 0.4) is 0 Å². The minimum absolute atomic E-state index is 0.796. The predicted octanol–water partition coefficient (Wildman–Crippen LogP) is 3.08. The van der Waals surface area contributed by atoms with E-state index in [4.69, 9.17) is 0 Å². The number of nitrogens with zero attached hydrogens (tertiary/aromatic N) is 2. The smallest absolute Gasteiger partial charge is 0.129 e. The minimum atomic E-state index is 0.796. The van der Waals surface area contributed by atoms with Gasteiger partial charge in [-0.1, -0.05) is 13.0 Å². The van der Waals surface area contributed by atoms with Gasteiger partial charge in [-0.05, 0) is 46.8 Å². The van der Waals surface area contributed by atoms with E-state index in [0.29, 0.717) is 0 Å². The van der Waals surface area contributed by atoms with Crippen LogP contribution in [0.25, 0.3) is 0 Å². The van der Waals surface area contributed by atoms with Gasteiger partial charge in [0, 0.05) is 13.1 Å². The summed E-state index contributed by atoms with van der Waals surface area (Å²) in [5, 5.41) is 0. The highest BCUT2D eigenvalue weighted by Crippen LogP contribution is 2.22. The topological polar surface area (TPSA) is 16.1 Å². The van der Waals surface area contributed by atoms with Crippen LogP contribution in [0.1, 0.15) is 19.8 Å². The lowest BCUT2D eigenvalue weighted by atomic mass is 10.0. The third kappa shape index (κ3) is 2.27. The average Bonchev–Trinajstić information content (AvgIpc) is 2.18. The van der Waals surface area contributed by atoms with Gasteiger partial charge in [-0.15, -0.1) is 0 Å². The number of piperidine rings is 1. The molecule has 0 saturated carbocycles. The molecule has 2 nitrogen and oxygen atoms in total. The first-order valence-corrected chi connectivity index (χ1v) is 5.92. The average molecular weight is 255 g/mol. The fourth-order valence-corrected chi connectivity index (χ4v) is 2.31. The molecular weight excluding hydrogens is 240 g/mol. The predicted molar refractivity (Wildman–Crippen MR) is 62.5 cm³/mol. The normalized spacial score (nSPS) is 22.4. The van der Waals surface area contributed by atoms with Gasteiger partial charge < -0.3 is 4.90 Å². The van der Waals surface area contributed by atoms with Crippen LogP contribution in [0, 0.1) is 5.92 Å². The molecule has 1 fully saturated rings. The van der Waals surface area contributed by atoms with Crippen LogP contribution in [0.15, 0.2) is 22.8 Å². The number of rotatable bonds is 1. The van der Waals surface area contributed by atoms with E-state index >= 15 is 0 Å². The van der Waals surface area contributed by atoms with E-state index in [-0.39, 0.29) is 0 Å². The van der Waals surface area contributed by atoms with Crippen LogP contribution in [-0.4, -0.2) is 18.1 Å². The van der Waals surface area contributed by atoms with Gasteiger partial charge in [0.05, 0.1) is 0 Å². The summed E-state index contributed by atoms with van der Waals surface area (Å²) < 4.78 is 0.924. The Hall–Kier alpha value is -0.570. The van der Waals surface area contributed by atoms with Crippen molar-refractivity contribution in [2.24, 2.45) is 5.92 Å². The Balaban J connectivity index is 2.14. The van der Waals surface area contributed by atoms with Crippen molar-refractivity contribution in [3.8, 4) is 0 Å². The molecule has 0 N–H and O–H groups in total. The number of hydrogen-bond donors (Lipinski definition) is 0. The summed E-state index contributed by atoms with van der Waals surface area (Å²) in [6.45, 7) is 4.60. The molecule has 1 atom stereocenters. The van der Waals surface area contributed by atoms with Gasteiger partial charge in [0.15, 0.2) is 0 Å². The van der Waals surface area contributed by atoms with Crippen molar-refractivity contribution < 1.29 is 0 Å². The zero-order valence-corrected chi connectivity index (χ0v) is 10.00. The lowest BCUT2D eigenvalue weighted by molar-refractivity contribution is 0.444. The second-order valence-electron chi connectivity index (χ2n) is 4.01. The molecule has 2 rings (SSSR count). The van der Waals surface area contributed by atoms with Gasteiger partial charge in [-0.25, -0.2) is 4.98 Å². The fourth-order valence-electron chi connectivity index (χ4n) is 1.97. The fraction of sp³-hybridized carbons (Fsp3) is 0.545. The largest absolute Gasteiger partial charge is 0.356 e. The molecule has 1 saturated heterocycles. The second kappa shape index (κ2) is 4.30. The van der Waals surface area contributed by atoms with Gasteiger partial charge in [0.25, 0.3) is 0 Å². The molecule has 76 valence electrons. The van der Waals surface area contributed by atoms with Gasteiger partial charge >= 0.3 is 0 Å². The monoisotopic (exact) mass is 254 g/mol. The van der Waals surface area contributed by atoms with Gasteiger partial charge in [-0.2, -0.15) is 0 Å². The van der Waals surface area contributed by atoms with Crippen LogP contribution in [0.4, 0.5) is 5.82 Å². The summed E-state index contributed by atoms with van der Waals surface area (Å²) >= 11 is 3.41. The van der Waals surface area contributed by atoms with E-state index in [9.17, 15) is 0 Å². The van der Waals surface area contributed by atoms with E-state index in [0.717, 1.165) is 29.4 Å². The van der Waals surface area contributed by atoms with Crippen LogP contribution in [0.5, 0.6) is 0 Å². The Morgan fingerprint density at radius 3 is 3.07 bits per heavy atom. The lowest BCUT2D eigenvalue weighted by Crippen LogP contribution is -2.34. The maximum atomic E-state index is 4.47. The van der Waals surface area contributed by atoms with Crippen LogP contribution in [-0.2, 0) is 0 Å². The molecule has 0 radical (unpaired) electrons. The summed E-state index contributed by atoms with van der Waals surface area (Å²) in [5.74, 6) is 1.90. The molecule has 14 heavy (non-hydrogen) atoms. The summed E-state index contributed by atoms with van der Waals surface area (Å²) in [4.78, 5) is 6.85. The van der Waals surface area contributed by atoms with E-state index in [1.165, 1.54) is 12.8 Å². The Bertz CT molecular complexity index is 314. The molecule has 0 unspecified atom stereocenters. The van der Waals surface area contributed by atoms with Gasteiger partial charge in [-0.3, -0.25) is 0 Å². The van der Waals surface area contributed by atoms with Gasteiger partial charge in [0.2, 0.25) is 0 Å². The second-order valence-corrected chi connectivity index (χ2v) is 4.82. The van der Waals surface area contributed by atoms with Gasteiger partial charge in [0.1, 0.15) is 10.4 Å². The Morgan fingerprint density at radius 1 is 1.50 bits per heavy atom. The molecule has 0 spiro atoms. The van der Waals surface area contributed by atoms with Crippen LogP contribution >= 0.6 is 15.9 Å². The molecular formula is C11H15BrN2. The maximum Gasteiger partial charge on any atom is 0.129 e. The summed E-state index contributed by atoms with van der Waals surface area (Å²) in [7, 11) is 0. The number of aromatic nitrogens is 1. The number of anilines is 1. The summed E-state index contributed by atoms with van der Waals surface area (Å²) in [6.07, 6.45) is 2.64. The van der Waals surface area contributed by atoms with E-state index in [1.807, 2.05) is 12.1 Å². The lowest BCUT2D eigenvalue weighted by Gasteiger charge is -2.31. The molecule has 0 amide bonds. The standard InChI is InChI=1S/C11H15BrN2/c1-9-4-3-7-14(8-9)11-6-2-5-10(12)13-11/h2,5-6,9H,3-4,7-8H2,1H3/t9-/m0/s1. The van der Waals surface area contributed by atoms with Crippen molar-refractivity contribution in [3.63, 3.8) is 0 Å². The van der Waals surface area contributed by atoms with Crippen molar-refractivity contribution in [3.05, 3.63) is 22.8 Å². The summed E-state index contributed by atoms with van der Waals surface area (Å²) in [5.41, 5.74) is 0. The first-order valence-electron chi connectivity index (χ1n) is 5.13. The first-order chi connectivity index (χ1) is 6.75. The molecule has 2 heterocycles. The first kappa shape index (κ1) is 9.97. The van der Waals surface area contributed by atoms with Crippen molar-refractivity contribution in [2.75, 3.05) is 18.0 Å². The number of halogens is 1. The molecule has 1 aromatic heterocycles. The van der Waals surface area contributed by atoms with Crippen molar-refractivity contribution in [2.45, 2.75) is 19.8 Å². The van der Waals surface area contributed by atoms with E-state index in [2.05, 4.69) is 38.8 Å². The third-order valence-electron chi connectivity index (χ3n) is 2.68. The maximum absolute atomic E-state index is 4.47. The molecule has 1 aliphatic heterocycles. The Labute approximate surface area is 93.5 Å². The zero-order valence-electron chi connectivity index (χ0n) is 8.41. The highest BCUT2D eigenvalue weighted by atomic mass is 79.9. The highest BCUT2D eigenvalue weighted by molar-refractivity contribution is 9.10. The highest BCUT2D eigenvalue weighted by Gasteiger charge is 2.17. The summed E-state index contributed by atoms with van der Waals surface area (Å²) in [6, 6.07) is 6.10. The van der Waals surface area contributed by atoms with Crippen molar-refractivity contribution in [1.29, 1.82) is 0 Å². The van der Waals surface area contributed by atoms with E-state index < -0.39 is 0 Å². The molecule has 0 bridgehead atoms. The van der Waals surface area contributed by atoms with Crippen molar-refractivity contribution >= 4 is 21.7 Å². The zero-order chi connectivity index (χ0) is 9.97.